The number of hydrogen-bond acceptors (Lipinski definition) is 3. The molecule has 0 spiro atoms. The topological polar surface area (TPSA) is 58.2 Å². The molecule has 0 aliphatic heterocycles. The minimum Gasteiger partial charge on any atom is -0.314 e. The van der Waals surface area contributed by atoms with E-state index >= 15 is 0 Å². The summed E-state index contributed by atoms with van der Waals surface area (Å²) in [6, 6.07) is 10.7. The molecule has 102 valence electrons. The zero-order chi connectivity index (χ0) is 13.4. The van der Waals surface area contributed by atoms with Crippen LogP contribution in [-0.2, 0) is 16.4 Å². The quantitative estimate of drug-likeness (QED) is 0.697. The van der Waals surface area contributed by atoms with Crippen LogP contribution in [0.3, 0.4) is 0 Å². The molecule has 0 heterocycles. The summed E-state index contributed by atoms with van der Waals surface area (Å²) >= 11 is 0. The Morgan fingerprint density at radius 3 is 2.44 bits per heavy atom. The molecule has 0 aliphatic carbocycles. The third kappa shape index (κ3) is 7.42. The monoisotopic (exact) mass is 270 g/mol. The second-order valence-corrected chi connectivity index (χ2v) is 6.40. The van der Waals surface area contributed by atoms with Crippen molar-refractivity contribution in [1.82, 2.24) is 10.0 Å². The molecule has 0 radical (unpaired) electrons. The van der Waals surface area contributed by atoms with E-state index in [1.165, 1.54) is 11.8 Å². The van der Waals surface area contributed by atoms with Crippen molar-refractivity contribution in [2.24, 2.45) is 0 Å². The lowest BCUT2D eigenvalue weighted by Crippen LogP contribution is -2.31. The maximum atomic E-state index is 10.8. The summed E-state index contributed by atoms with van der Waals surface area (Å²) in [4.78, 5) is 0. The lowest BCUT2D eigenvalue weighted by molar-refractivity contribution is 0.529. The second kappa shape index (κ2) is 7.51. The van der Waals surface area contributed by atoms with E-state index in [4.69, 9.17) is 0 Å². The largest absolute Gasteiger partial charge is 0.314 e. The van der Waals surface area contributed by atoms with Gasteiger partial charge >= 0.3 is 0 Å². The number of rotatable bonds is 8. The van der Waals surface area contributed by atoms with Gasteiger partial charge in [0.2, 0.25) is 10.0 Å². The molecule has 0 saturated heterocycles. The zero-order valence-corrected chi connectivity index (χ0v) is 11.8. The van der Waals surface area contributed by atoms with Crippen LogP contribution in [0.4, 0.5) is 0 Å². The minimum atomic E-state index is -3.05. The van der Waals surface area contributed by atoms with Crippen LogP contribution in [0.1, 0.15) is 18.9 Å². The van der Waals surface area contributed by atoms with Crippen LogP contribution in [0, 0.1) is 0 Å². The van der Waals surface area contributed by atoms with Crippen LogP contribution in [0.5, 0.6) is 0 Å². The highest BCUT2D eigenvalue weighted by molar-refractivity contribution is 7.88. The third-order valence-corrected chi connectivity index (χ3v) is 3.32. The molecule has 0 amide bonds. The normalized spacial score (nSPS) is 13.4. The molecule has 0 bridgehead atoms. The minimum absolute atomic E-state index is 0.394. The van der Waals surface area contributed by atoms with Gasteiger partial charge in [0.25, 0.3) is 0 Å². The van der Waals surface area contributed by atoms with Crippen LogP contribution in [-0.4, -0.2) is 33.8 Å². The summed E-state index contributed by atoms with van der Waals surface area (Å²) in [5.74, 6) is 0. The van der Waals surface area contributed by atoms with Crippen molar-refractivity contribution >= 4 is 10.0 Å². The second-order valence-electron chi connectivity index (χ2n) is 4.56. The molecule has 1 rings (SSSR count). The highest BCUT2D eigenvalue weighted by Crippen LogP contribution is 2.02. The zero-order valence-electron chi connectivity index (χ0n) is 11.0. The first-order valence-electron chi connectivity index (χ1n) is 6.19. The van der Waals surface area contributed by atoms with Crippen molar-refractivity contribution in [3.63, 3.8) is 0 Å². The molecule has 1 aromatic carbocycles. The smallest absolute Gasteiger partial charge is 0.208 e. The molecule has 1 unspecified atom stereocenters. The summed E-state index contributed by atoms with van der Waals surface area (Å²) in [7, 11) is -3.05. The lowest BCUT2D eigenvalue weighted by Gasteiger charge is -2.13. The maximum Gasteiger partial charge on any atom is 0.208 e. The van der Waals surface area contributed by atoms with Crippen molar-refractivity contribution in [3.05, 3.63) is 35.9 Å². The van der Waals surface area contributed by atoms with Gasteiger partial charge < -0.3 is 5.32 Å². The van der Waals surface area contributed by atoms with Crippen LogP contribution >= 0.6 is 0 Å². The molecule has 4 nitrogen and oxygen atoms in total. The van der Waals surface area contributed by atoms with Gasteiger partial charge in [0, 0.05) is 12.6 Å². The number of sulfonamides is 1. The molecule has 1 aromatic rings. The SMILES string of the molecule is CC(Cc1ccccc1)NCCCNS(C)(=O)=O. The fourth-order valence-corrected chi connectivity index (χ4v) is 2.25. The predicted molar refractivity (Wildman–Crippen MR) is 75.1 cm³/mol. The van der Waals surface area contributed by atoms with Gasteiger partial charge in [0.1, 0.15) is 0 Å². The van der Waals surface area contributed by atoms with E-state index in [0.29, 0.717) is 12.6 Å². The average molecular weight is 270 g/mol. The van der Waals surface area contributed by atoms with Gasteiger partial charge in [-0.3, -0.25) is 0 Å². The Hall–Kier alpha value is -0.910. The molecule has 2 N–H and O–H groups in total. The Kier molecular flexibility index (Phi) is 6.32. The van der Waals surface area contributed by atoms with Crippen LogP contribution in [0.2, 0.25) is 0 Å². The van der Waals surface area contributed by atoms with Crippen molar-refractivity contribution in [2.75, 3.05) is 19.3 Å². The van der Waals surface area contributed by atoms with Crippen molar-refractivity contribution < 1.29 is 8.42 Å². The van der Waals surface area contributed by atoms with Gasteiger partial charge in [-0.1, -0.05) is 30.3 Å². The highest BCUT2D eigenvalue weighted by atomic mass is 32.2. The summed E-state index contributed by atoms with van der Waals surface area (Å²) in [5, 5.41) is 3.38. The lowest BCUT2D eigenvalue weighted by atomic mass is 10.1. The number of benzene rings is 1. The molecule has 0 saturated carbocycles. The molecular formula is C13H22N2O2S. The molecule has 1 atom stereocenters. The van der Waals surface area contributed by atoms with E-state index in [2.05, 4.69) is 29.1 Å². The predicted octanol–water partition coefficient (Wildman–Crippen LogP) is 1.15. The van der Waals surface area contributed by atoms with Crippen molar-refractivity contribution in [3.8, 4) is 0 Å². The number of hydrogen-bond donors (Lipinski definition) is 2. The summed E-state index contributed by atoms with van der Waals surface area (Å²) in [6.07, 6.45) is 2.96. The molecular weight excluding hydrogens is 248 g/mol. The van der Waals surface area contributed by atoms with E-state index < -0.39 is 10.0 Å². The first-order chi connectivity index (χ1) is 8.47. The van der Waals surface area contributed by atoms with Crippen LogP contribution < -0.4 is 10.0 Å². The Labute approximate surface area is 110 Å². The molecule has 0 aliphatic rings. The maximum absolute atomic E-state index is 10.8. The summed E-state index contributed by atoms with van der Waals surface area (Å²) in [5.41, 5.74) is 1.31. The van der Waals surface area contributed by atoms with E-state index in [1.54, 1.807) is 0 Å². The van der Waals surface area contributed by atoms with Gasteiger partial charge in [-0.05, 0) is 31.9 Å². The Bertz CT molecular complexity index is 432. The highest BCUT2D eigenvalue weighted by Gasteiger charge is 2.03. The summed E-state index contributed by atoms with van der Waals surface area (Å²) in [6.45, 7) is 3.44. The first kappa shape index (κ1) is 15.1. The van der Waals surface area contributed by atoms with Gasteiger partial charge in [-0.15, -0.1) is 0 Å². The van der Waals surface area contributed by atoms with E-state index in [1.807, 2.05) is 18.2 Å². The van der Waals surface area contributed by atoms with E-state index in [-0.39, 0.29) is 0 Å². The third-order valence-electron chi connectivity index (χ3n) is 2.60. The van der Waals surface area contributed by atoms with E-state index in [0.717, 1.165) is 19.4 Å². The first-order valence-corrected chi connectivity index (χ1v) is 8.08. The van der Waals surface area contributed by atoms with Crippen LogP contribution in [0.25, 0.3) is 0 Å². The molecule has 18 heavy (non-hydrogen) atoms. The molecule has 5 heteroatoms. The van der Waals surface area contributed by atoms with Gasteiger partial charge in [-0.25, -0.2) is 13.1 Å². The van der Waals surface area contributed by atoms with Crippen molar-refractivity contribution in [2.45, 2.75) is 25.8 Å². The number of nitrogens with one attached hydrogen (secondary N) is 2. The molecule has 0 fully saturated rings. The fourth-order valence-electron chi connectivity index (χ4n) is 1.73. The van der Waals surface area contributed by atoms with Gasteiger partial charge in [0.15, 0.2) is 0 Å². The van der Waals surface area contributed by atoms with Crippen LogP contribution in [0.15, 0.2) is 30.3 Å². The van der Waals surface area contributed by atoms with E-state index in [9.17, 15) is 8.42 Å². The standard InChI is InChI=1S/C13H22N2O2S/c1-12(11-13-7-4-3-5-8-13)14-9-6-10-15-18(2,16)17/h3-5,7-8,12,14-15H,6,9-11H2,1-2H3. The average Bonchev–Trinajstić information content (AvgIpc) is 2.28. The fraction of sp³-hybridized carbons (Fsp3) is 0.538. The Balaban J connectivity index is 2.12. The molecule has 0 aromatic heterocycles. The summed E-state index contributed by atoms with van der Waals surface area (Å²) < 4.78 is 24.2. The Morgan fingerprint density at radius 1 is 1.17 bits per heavy atom. The Morgan fingerprint density at radius 2 is 1.83 bits per heavy atom. The van der Waals surface area contributed by atoms with Gasteiger partial charge in [-0.2, -0.15) is 0 Å². The van der Waals surface area contributed by atoms with Crippen molar-refractivity contribution in [1.29, 1.82) is 0 Å². The van der Waals surface area contributed by atoms with Gasteiger partial charge in [0.05, 0.1) is 6.26 Å².